The van der Waals surface area contributed by atoms with Crippen LogP contribution in [0.4, 0.5) is 4.39 Å². The molecule has 0 unspecified atom stereocenters. The maximum atomic E-state index is 13.8. The summed E-state index contributed by atoms with van der Waals surface area (Å²) in [6.45, 7) is 1.59. The summed E-state index contributed by atoms with van der Waals surface area (Å²) < 4.78 is 24.5. The molecule has 0 aliphatic rings. The maximum Gasteiger partial charge on any atom is 0.336 e. The highest BCUT2D eigenvalue weighted by Crippen LogP contribution is 2.23. The van der Waals surface area contributed by atoms with Crippen LogP contribution in [-0.2, 0) is 11.3 Å². The number of halogens is 2. The minimum atomic E-state index is -0.469. The number of fused-ring (bicyclic) bond motifs is 1. The van der Waals surface area contributed by atoms with Crippen LogP contribution < -0.4 is 10.4 Å². The predicted octanol–water partition coefficient (Wildman–Crippen LogP) is 3.93. The van der Waals surface area contributed by atoms with E-state index in [-0.39, 0.29) is 29.6 Å². The molecular formula is C20H17ClFNO4. The SMILES string of the molecule is Cc1cc(=O)oc2cc(OCC(=O)N(C)Cc3c(F)cccc3Cl)ccc12. The zero-order chi connectivity index (χ0) is 19.6. The van der Waals surface area contributed by atoms with Gasteiger partial charge >= 0.3 is 5.63 Å². The van der Waals surface area contributed by atoms with E-state index in [0.717, 1.165) is 10.9 Å². The topological polar surface area (TPSA) is 59.8 Å². The zero-order valence-corrected chi connectivity index (χ0v) is 15.5. The second-order valence-electron chi connectivity index (χ2n) is 6.15. The number of nitrogens with zero attached hydrogens (tertiary/aromatic N) is 1. The van der Waals surface area contributed by atoms with Gasteiger partial charge in [0.1, 0.15) is 17.1 Å². The Balaban J connectivity index is 1.68. The van der Waals surface area contributed by atoms with Crippen molar-refractivity contribution in [2.24, 2.45) is 0 Å². The first kappa shape index (κ1) is 18.9. The van der Waals surface area contributed by atoms with Crippen molar-refractivity contribution in [2.45, 2.75) is 13.5 Å². The number of aryl methyl sites for hydroxylation is 1. The molecule has 0 atom stereocenters. The Morgan fingerprint density at radius 1 is 1.26 bits per heavy atom. The number of rotatable bonds is 5. The standard InChI is InChI=1S/C20H17ClFNO4/c1-12-8-20(25)27-18-9-13(6-7-14(12)18)26-11-19(24)23(2)10-15-16(21)4-3-5-17(15)22/h3-9H,10-11H2,1-2H3. The Bertz CT molecular complexity index is 1040. The van der Waals surface area contributed by atoms with Gasteiger partial charge in [-0.05, 0) is 36.8 Å². The molecule has 1 aromatic heterocycles. The van der Waals surface area contributed by atoms with Crippen molar-refractivity contribution in [1.82, 2.24) is 4.90 Å². The quantitative estimate of drug-likeness (QED) is 0.620. The third kappa shape index (κ3) is 4.28. The van der Waals surface area contributed by atoms with Crippen molar-refractivity contribution < 1.29 is 18.3 Å². The molecule has 140 valence electrons. The van der Waals surface area contributed by atoms with Crippen LogP contribution in [0, 0.1) is 12.7 Å². The molecule has 0 aliphatic carbocycles. The molecular weight excluding hydrogens is 373 g/mol. The predicted molar refractivity (Wildman–Crippen MR) is 101 cm³/mol. The molecule has 2 aromatic carbocycles. The van der Waals surface area contributed by atoms with Crippen LogP contribution in [0.2, 0.25) is 5.02 Å². The van der Waals surface area contributed by atoms with Gasteiger partial charge in [-0.3, -0.25) is 4.79 Å². The molecule has 27 heavy (non-hydrogen) atoms. The van der Waals surface area contributed by atoms with Crippen LogP contribution >= 0.6 is 11.6 Å². The number of benzene rings is 2. The Kier molecular flexibility index (Phi) is 5.46. The molecule has 3 aromatic rings. The second-order valence-corrected chi connectivity index (χ2v) is 6.55. The van der Waals surface area contributed by atoms with Gasteiger partial charge in [-0.2, -0.15) is 0 Å². The Hall–Kier alpha value is -2.86. The summed E-state index contributed by atoms with van der Waals surface area (Å²) in [4.78, 5) is 25.1. The summed E-state index contributed by atoms with van der Waals surface area (Å²) in [5.74, 6) is -0.426. The first-order valence-electron chi connectivity index (χ1n) is 8.19. The van der Waals surface area contributed by atoms with E-state index in [1.165, 1.54) is 30.1 Å². The van der Waals surface area contributed by atoms with E-state index >= 15 is 0 Å². The molecule has 0 aliphatic heterocycles. The lowest BCUT2D eigenvalue weighted by atomic mass is 10.1. The minimum absolute atomic E-state index is 0.0273. The van der Waals surface area contributed by atoms with Crippen LogP contribution in [-0.4, -0.2) is 24.5 Å². The number of hydrogen-bond donors (Lipinski definition) is 0. The minimum Gasteiger partial charge on any atom is -0.484 e. The van der Waals surface area contributed by atoms with Gasteiger partial charge < -0.3 is 14.1 Å². The van der Waals surface area contributed by atoms with E-state index in [9.17, 15) is 14.0 Å². The van der Waals surface area contributed by atoms with Crippen LogP contribution in [0.25, 0.3) is 11.0 Å². The van der Waals surface area contributed by atoms with Gasteiger partial charge in [-0.25, -0.2) is 9.18 Å². The van der Waals surface area contributed by atoms with Crippen LogP contribution in [0.5, 0.6) is 5.75 Å². The number of carbonyl (C=O) groups is 1. The average Bonchev–Trinajstić information content (AvgIpc) is 2.62. The number of hydrogen-bond acceptors (Lipinski definition) is 4. The number of amides is 1. The van der Waals surface area contributed by atoms with Crippen LogP contribution in [0.3, 0.4) is 0 Å². The van der Waals surface area contributed by atoms with Crippen molar-refractivity contribution in [2.75, 3.05) is 13.7 Å². The van der Waals surface area contributed by atoms with E-state index in [2.05, 4.69) is 0 Å². The Morgan fingerprint density at radius 3 is 2.78 bits per heavy atom. The number of ether oxygens (including phenoxy) is 1. The summed E-state index contributed by atoms with van der Waals surface area (Å²) in [6.07, 6.45) is 0. The molecule has 5 nitrogen and oxygen atoms in total. The summed E-state index contributed by atoms with van der Waals surface area (Å²) in [5.41, 5.74) is 0.981. The molecule has 7 heteroatoms. The van der Waals surface area contributed by atoms with Crippen molar-refractivity contribution >= 4 is 28.5 Å². The fourth-order valence-corrected chi connectivity index (χ4v) is 2.88. The molecule has 0 saturated heterocycles. The van der Waals surface area contributed by atoms with Crippen molar-refractivity contribution in [3.8, 4) is 5.75 Å². The first-order valence-corrected chi connectivity index (χ1v) is 8.57. The summed E-state index contributed by atoms with van der Waals surface area (Å²) in [7, 11) is 1.54. The highest BCUT2D eigenvalue weighted by atomic mass is 35.5. The summed E-state index contributed by atoms with van der Waals surface area (Å²) in [5, 5.41) is 1.05. The fourth-order valence-electron chi connectivity index (χ4n) is 2.66. The summed E-state index contributed by atoms with van der Waals surface area (Å²) >= 11 is 5.99. The molecule has 0 N–H and O–H groups in total. The zero-order valence-electron chi connectivity index (χ0n) is 14.8. The maximum absolute atomic E-state index is 13.8. The lowest BCUT2D eigenvalue weighted by Crippen LogP contribution is -2.31. The number of carbonyl (C=O) groups excluding carboxylic acids is 1. The second kappa shape index (κ2) is 7.80. The third-order valence-electron chi connectivity index (χ3n) is 4.17. The summed E-state index contributed by atoms with van der Waals surface area (Å²) in [6, 6.07) is 10.8. The van der Waals surface area contributed by atoms with Gasteiger partial charge in [0.05, 0.1) is 0 Å². The Morgan fingerprint density at radius 2 is 2.04 bits per heavy atom. The van der Waals surface area contributed by atoms with Gasteiger partial charge in [-0.15, -0.1) is 0 Å². The van der Waals surface area contributed by atoms with E-state index in [1.807, 2.05) is 6.92 Å². The lowest BCUT2D eigenvalue weighted by molar-refractivity contribution is -0.132. The monoisotopic (exact) mass is 389 g/mol. The van der Waals surface area contributed by atoms with Crippen molar-refractivity contribution in [3.05, 3.63) is 74.9 Å². The smallest absolute Gasteiger partial charge is 0.336 e. The average molecular weight is 390 g/mol. The molecule has 0 bridgehead atoms. The van der Waals surface area contributed by atoms with E-state index < -0.39 is 11.4 Å². The van der Waals surface area contributed by atoms with Gasteiger partial charge in [0.25, 0.3) is 5.91 Å². The van der Waals surface area contributed by atoms with Crippen LogP contribution in [0.1, 0.15) is 11.1 Å². The molecule has 1 heterocycles. The van der Waals surface area contributed by atoms with E-state index in [4.69, 9.17) is 20.8 Å². The lowest BCUT2D eigenvalue weighted by Gasteiger charge is -2.18. The molecule has 3 rings (SSSR count). The van der Waals surface area contributed by atoms with Gasteiger partial charge in [0.2, 0.25) is 0 Å². The van der Waals surface area contributed by atoms with E-state index in [0.29, 0.717) is 11.3 Å². The van der Waals surface area contributed by atoms with Gasteiger partial charge in [0, 0.05) is 41.7 Å². The number of likely N-dealkylation sites (N-methyl/N-ethyl adjacent to an activating group) is 1. The van der Waals surface area contributed by atoms with Gasteiger partial charge in [0.15, 0.2) is 6.61 Å². The normalized spacial score (nSPS) is 10.8. The molecule has 0 saturated carbocycles. The fraction of sp³-hybridized carbons (Fsp3) is 0.200. The van der Waals surface area contributed by atoms with Crippen LogP contribution in [0.15, 0.2) is 51.7 Å². The highest BCUT2D eigenvalue weighted by molar-refractivity contribution is 6.31. The molecule has 0 fully saturated rings. The van der Waals surface area contributed by atoms with Crippen molar-refractivity contribution in [1.29, 1.82) is 0 Å². The van der Waals surface area contributed by atoms with Gasteiger partial charge in [-0.1, -0.05) is 17.7 Å². The molecule has 0 spiro atoms. The van der Waals surface area contributed by atoms with Crippen molar-refractivity contribution in [3.63, 3.8) is 0 Å². The first-order chi connectivity index (χ1) is 12.8. The van der Waals surface area contributed by atoms with E-state index in [1.54, 1.807) is 24.3 Å². The highest BCUT2D eigenvalue weighted by Gasteiger charge is 2.15. The third-order valence-corrected chi connectivity index (χ3v) is 4.52. The molecule has 1 amide bonds. The molecule has 0 radical (unpaired) electrons. The largest absolute Gasteiger partial charge is 0.484 e. The Labute approximate surface area is 159 Å².